The first kappa shape index (κ1) is 61.4. The second-order valence-corrected chi connectivity index (χ2v) is 27.8. The molecule has 3 saturated heterocycles. The van der Waals surface area contributed by atoms with E-state index in [0.29, 0.717) is 0 Å². The van der Waals surface area contributed by atoms with Crippen molar-refractivity contribution in [2.45, 2.75) is 117 Å². The van der Waals surface area contributed by atoms with Crippen molar-refractivity contribution in [3.8, 4) is 44.5 Å². The lowest BCUT2D eigenvalue weighted by Gasteiger charge is -2.32. The molecule has 0 spiro atoms. The molecule has 0 saturated carbocycles. The number of halogens is 2. The first-order valence-corrected chi connectivity index (χ1v) is 31.8. The third-order valence-electron chi connectivity index (χ3n) is 19.5. The van der Waals surface area contributed by atoms with Crippen LogP contribution in [0.15, 0.2) is 235 Å². The largest absolute Gasteiger partial charge is 0.494 e. The van der Waals surface area contributed by atoms with Crippen LogP contribution in [0.3, 0.4) is 0 Å². The van der Waals surface area contributed by atoms with Gasteiger partial charge in [0.15, 0.2) is 0 Å². The predicted octanol–water partition coefficient (Wildman–Crippen LogP) is 20.9. The first-order valence-electron chi connectivity index (χ1n) is 31.7. The molecule has 0 aromatic heterocycles. The molecule has 0 aliphatic carbocycles. The van der Waals surface area contributed by atoms with Gasteiger partial charge in [-0.1, -0.05) is 210 Å². The maximum atomic E-state index is 9.96. The Balaban J connectivity index is 0.000000137. The zero-order chi connectivity index (χ0) is 64.3. The zero-order valence-electron chi connectivity index (χ0n) is 54.6. The van der Waals surface area contributed by atoms with E-state index >= 15 is 0 Å². The number of fused-ring (bicyclic) bond motifs is 12. The minimum atomic E-state index is -1.00. The third-order valence-corrected chi connectivity index (χ3v) is 20.0. The predicted molar refractivity (Wildman–Crippen MR) is 382 cm³/mol. The number of alkyl halides is 1. The van der Waals surface area contributed by atoms with E-state index in [1.807, 2.05) is 55.4 Å². The van der Waals surface area contributed by atoms with Crippen molar-refractivity contribution in [1.29, 1.82) is 0 Å². The Bertz CT molecular complexity index is 4550. The Labute approximate surface area is 541 Å². The smallest absolute Gasteiger partial charge is 0.405 e. The molecule has 0 radical (unpaired) electrons. The van der Waals surface area contributed by atoms with Crippen molar-refractivity contribution in [2.24, 2.45) is 0 Å². The lowest BCUT2D eigenvalue weighted by atomic mass is 9.49. The standard InChI is InChI=1S/C36H31BO2.C30H19Br.C12H24B2O4.CH3F/c1-35(2)36(3,4)39-37(38-35)28-14-10-13-26(22-28)24-11-9-12-25(21-24)27-19-20-33-31-17-6-5-15-29(31)30-16-7-8-18-32(30)34(33)23-27;31-24-10-6-9-22(18-24)20-7-5-8-21(17-20)23-15-16-29-27-13-2-1-11-25(27)26-12-3-4-14-28(26)30(29)19-23;1-9(2)10(3,4)16-13(15-9)14-17-11(5,6)12(7,8)18-14;1-2/h5-23H,1-4H3;1-19H;1-8H3;1H3/i;;;1D. The van der Waals surface area contributed by atoms with E-state index in [9.17, 15) is 4.39 Å². The van der Waals surface area contributed by atoms with Crippen molar-refractivity contribution < 1.29 is 33.7 Å². The van der Waals surface area contributed by atoms with Crippen LogP contribution in [0.4, 0.5) is 4.39 Å². The molecular formula is C79H77B3BrFO6. The Morgan fingerprint density at radius 2 is 0.522 bits per heavy atom. The fourth-order valence-electron chi connectivity index (χ4n) is 12.4. The van der Waals surface area contributed by atoms with Crippen LogP contribution >= 0.6 is 15.9 Å². The van der Waals surface area contributed by atoms with Crippen LogP contribution in [0, 0.1) is 0 Å². The molecule has 0 bridgehead atoms. The molecule has 12 aromatic carbocycles. The van der Waals surface area contributed by atoms with Crippen LogP contribution in [0.25, 0.3) is 109 Å². The van der Waals surface area contributed by atoms with Crippen molar-refractivity contribution in [3.63, 3.8) is 0 Å². The summed E-state index contributed by atoms with van der Waals surface area (Å²) in [6.45, 7) is 24.6. The average Bonchev–Trinajstić information content (AvgIpc) is 1.52. The van der Waals surface area contributed by atoms with Gasteiger partial charge >= 0.3 is 21.1 Å². The molecule has 0 N–H and O–H groups in total. The average molecular weight is 1250 g/mol. The van der Waals surface area contributed by atoms with Gasteiger partial charge in [0.1, 0.15) is 0 Å². The fourth-order valence-corrected chi connectivity index (χ4v) is 12.8. The van der Waals surface area contributed by atoms with Gasteiger partial charge in [-0.15, -0.1) is 0 Å². The molecular weight excluding hydrogens is 1180 g/mol. The molecule has 3 aliphatic rings. The van der Waals surface area contributed by atoms with Crippen LogP contribution < -0.4 is 5.46 Å². The highest BCUT2D eigenvalue weighted by Crippen LogP contribution is 2.45. The molecule has 0 amide bonds. The highest BCUT2D eigenvalue weighted by molar-refractivity contribution is 9.10. The molecule has 15 rings (SSSR count). The van der Waals surface area contributed by atoms with E-state index in [2.05, 4.69) is 274 Å². The molecule has 11 heteroatoms. The highest BCUT2D eigenvalue weighted by atomic mass is 79.9. The summed E-state index contributed by atoms with van der Waals surface area (Å²) in [5.41, 5.74) is 8.54. The quantitative estimate of drug-likeness (QED) is 0.122. The summed E-state index contributed by atoms with van der Waals surface area (Å²) >= 11 is 3.59. The number of hydrogen-bond acceptors (Lipinski definition) is 6. The van der Waals surface area contributed by atoms with Crippen LogP contribution in [0.5, 0.6) is 0 Å². The van der Waals surface area contributed by atoms with E-state index in [0.717, 1.165) is 15.5 Å². The topological polar surface area (TPSA) is 55.4 Å². The van der Waals surface area contributed by atoms with Gasteiger partial charge < -0.3 is 27.9 Å². The SMILES string of the molecule is Brc1cccc(-c2cccc(-c3ccc4c5ccccc5c5ccccc5c4c3)c2)c1.CC1(C)OB(B2OC(C)(C)C(C)(C)O2)OC1(C)C.CC1(C)OB(c2cccc(-c3cccc(-c4ccc5c6ccccc6c6ccccc6c5c4)c3)c2)OC1(C)C.[2H]CF. The molecule has 6 nitrogen and oxygen atoms in total. The molecule has 3 fully saturated rings. The Morgan fingerprint density at radius 1 is 0.278 bits per heavy atom. The maximum absolute atomic E-state index is 9.96. The Hall–Kier alpha value is -7.44. The summed E-state index contributed by atoms with van der Waals surface area (Å²) in [4.78, 5) is 0. The van der Waals surface area contributed by atoms with Gasteiger partial charge in [-0.2, -0.15) is 0 Å². The number of hydrogen-bond donors (Lipinski definition) is 0. The lowest BCUT2D eigenvalue weighted by Crippen LogP contribution is -2.41. The van der Waals surface area contributed by atoms with Gasteiger partial charge in [-0.25, -0.2) is 0 Å². The summed E-state index contributed by atoms with van der Waals surface area (Å²) in [5.74, 6) is 0. The molecule has 12 aromatic rings. The van der Waals surface area contributed by atoms with Gasteiger partial charge in [0.2, 0.25) is 0 Å². The van der Waals surface area contributed by atoms with E-state index in [-0.39, 0.29) is 40.7 Å². The van der Waals surface area contributed by atoms with E-state index in [1.165, 1.54) is 104 Å². The molecule has 3 aliphatic heterocycles. The Kier molecular flexibility index (Phi) is 16.6. The van der Waals surface area contributed by atoms with Crippen LogP contribution in [-0.4, -0.2) is 61.9 Å². The molecule has 90 heavy (non-hydrogen) atoms. The summed E-state index contributed by atoms with van der Waals surface area (Å²) in [6.07, 6.45) is 0. The van der Waals surface area contributed by atoms with Crippen molar-refractivity contribution in [3.05, 3.63) is 235 Å². The normalized spacial score (nSPS) is 17.6. The Morgan fingerprint density at radius 3 is 0.844 bits per heavy atom. The molecule has 0 unspecified atom stereocenters. The minimum Gasteiger partial charge on any atom is -0.405 e. The minimum absolute atomic E-state index is 0.360. The number of rotatable bonds is 6. The lowest BCUT2D eigenvalue weighted by molar-refractivity contribution is 0.00578. The van der Waals surface area contributed by atoms with E-state index in [4.69, 9.17) is 29.3 Å². The van der Waals surface area contributed by atoms with E-state index < -0.39 is 21.2 Å². The first-order chi connectivity index (χ1) is 43.4. The molecule has 3 heterocycles. The molecule has 452 valence electrons. The maximum Gasteiger partial charge on any atom is 0.494 e. The summed E-state index contributed by atoms with van der Waals surface area (Å²) in [6, 6.07) is 83.3. The van der Waals surface area contributed by atoms with Gasteiger partial charge in [0.05, 0.1) is 42.1 Å². The molecule has 0 atom stereocenters. The van der Waals surface area contributed by atoms with Crippen LogP contribution in [-0.2, 0) is 27.9 Å². The third kappa shape index (κ3) is 11.8. The van der Waals surface area contributed by atoms with Crippen LogP contribution in [0.2, 0.25) is 0 Å². The fraction of sp³-hybridized carbons (Fsp3) is 0.241. The van der Waals surface area contributed by atoms with Crippen molar-refractivity contribution >= 4 is 107 Å². The second kappa shape index (κ2) is 24.3. The summed E-state index contributed by atoms with van der Waals surface area (Å²) < 4.78 is 53.1. The van der Waals surface area contributed by atoms with Gasteiger partial charge in [0.25, 0.3) is 0 Å². The zero-order valence-corrected chi connectivity index (χ0v) is 55.2. The summed E-state index contributed by atoms with van der Waals surface area (Å²) in [7, 11) is -2.33. The highest BCUT2D eigenvalue weighted by Gasteiger charge is 2.64. The van der Waals surface area contributed by atoms with Crippen molar-refractivity contribution in [1.82, 2.24) is 0 Å². The summed E-state index contributed by atoms with van der Waals surface area (Å²) in [5, 5.41) is 15.6. The van der Waals surface area contributed by atoms with E-state index in [1.54, 1.807) is 0 Å². The van der Waals surface area contributed by atoms with Crippen molar-refractivity contribution in [2.75, 3.05) is 7.15 Å². The second-order valence-electron chi connectivity index (χ2n) is 26.8. The van der Waals surface area contributed by atoms with Gasteiger partial charge in [-0.05, 0) is 234 Å². The van der Waals surface area contributed by atoms with Crippen LogP contribution in [0.1, 0.15) is 84.5 Å². The number of benzene rings is 12. The monoisotopic (exact) mass is 1250 g/mol. The van der Waals surface area contributed by atoms with Gasteiger partial charge in [-0.3, -0.25) is 4.39 Å². The van der Waals surface area contributed by atoms with Gasteiger partial charge in [0, 0.05) is 4.47 Å².